The molecule has 0 aliphatic rings. The molecule has 0 fully saturated rings. The highest BCUT2D eigenvalue weighted by molar-refractivity contribution is 5.78. The molecule has 0 spiro atoms. The number of carbonyl (C=O) groups is 1. The van der Waals surface area contributed by atoms with Crippen LogP contribution in [-0.4, -0.2) is 33.4 Å². The number of hydrogen-bond donors (Lipinski definition) is 2. The van der Waals surface area contributed by atoms with Gasteiger partial charge in [0.2, 0.25) is 0 Å². The molecule has 1 atom stereocenters. The van der Waals surface area contributed by atoms with E-state index in [4.69, 9.17) is 5.11 Å². The number of aromatic nitrogens is 2. The lowest BCUT2D eigenvalue weighted by atomic mass is 9.98. The van der Waals surface area contributed by atoms with E-state index in [1.807, 2.05) is 12.3 Å². The van der Waals surface area contributed by atoms with Gasteiger partial charge in [0.15, 0.2) is 0 Å². The maximum atomic E-state index is 10.9. The summed E-state index contributed by atoms with van der Waals surface area (Å²) in [7, 11) is 1.65. The minimum absolute atomic E-state index is 0.501. The van der Waals surface area contributed by atoms with Gasteiger partial charge in [-0.1, -0.05) is 0 Å². The summed E-state index contributed by atoms with van der Waals surface area (Å²) in [5, 5.41) is 15.8. The van der Waals surface area contributed by atoms with E-state index in [1.165, 1.54) is 0 Å². The fourth-order valence-electron chi connectivity index (χ4n) is 1.11. The molecule has 14 heavy (non-hydrogen) atoms. The average Bonchev–Trinajstić information content (AvgIpc) is 2.66. The Morgan fingerprint density at radius 1 is 1.71 bits per heavy atom. The number of aliphatic carboxylic acids is 1. The monoisotopic (exact) mass is 197 g/mol. The topological polar surface area (TPSA) is 67.2 Å². The number of aryl methyl sites for hydroxylation is 1. The first-order valence-electron chi connectivity index (χ1n) is 4.48. The van der Waals surface area contributed by atoms with Crippen molar-refractivity contribution in [1.82, 2.24) is 15.1 Å². The Bertz CT molecular complexity index is 297. The lowest BCUT2D eigenvalue weighted by Crippen LogP contribution is -2.48. The fourth-order valence-corrected chi connectivity index (χ4v) is 1.11. The van der Waals surface area contributed by atoms with Crippen molar-refractivity contribution < 1.29 is 9.90 Å². The third-order valence-corrected chi connectivity index (χ3v) is 2.42. The van der Waals surface area contributed by atoms with Crippen molar-refractivity contribution in [2.45, 2.75) is 25.4 Å². The van der Waals surface area contributed by atoms with Gasteiger partial charge in [0.25, 0.3) is 0 Å². The van der Waals surface area contributed by atoms with E-state index in [9.17, 15) is 4.79 Å². The number of rotatable bonds is 5. The molecular weight excluding hydrogens is 182 g/mol. The molecule has 0 saturated heterocycles. The van der Waals surface area contributed by atoms with Crippen molar-refractivity contribution in [2.24, 2.45) is 0 Å². The SMILES string of the molecule is CNC(C)(CCn1cccn1)C(=O)O. The van der Waals surface area contributed by atoms with Crippen LogP contribution in [0.3, 0.4) is 0 Å². The van der Waals surface area contributed by atoms with Gasteiger partial charge in [0, 0.05) is 18.9 Å². The second kappa shape index (κ2) is 4.23. The van der Waals surface area contributed by atoms with E-state index in [2.05, 4.69) is 10.4 Å². The summed E-state index contributed by atoms with van der Waals surface area (Å²) in [6.07, 6.45) is 4.00. The van der Waals surface area contributed by atoms with Crippen LogP contribution < -0.4 is 5.32 Å². The minimum Gasteiger partial charge on any atom is -0.480 e. The maximum Gasteiger partial charge on any atom is 0.323 e. The molecule has 0 aromatic carbocycles. The predicted octanol–water partition coefficient (Wildman–Crippen LogP) is 0.336. The van der Waals surface area contributed by atoms with Crippen LogP contribution >= 0.6 is 0 Å². The fraction of sp³-hybridized carbons (Fsp3) is 0.556. The van der Waals surface area contributed by atoms with Gasteiger partial charge in [-0.3, -0.25) is 9.48 Å². The van der Waals surface area contributed by atoms with Crippen molar-refractivity contribution in [3.63, 3.8) is 0 Å². The lowest BCUT2D eigenvalue weighted by Gasteiger charge is -2.23. The lowest BCUT2D eigenvalue weighted by molar-refractivity contribution is -0.144. The summed E-state index contributed by atoms with van der Waals surface area (Å²) in [4.78, 5) is 10.9. The van der Waals surface area contributed by atoms with Gasteiger partial charge in [-0.15, -0.1) is 0 Å². The molecule has 0 radical (unpaired) electrons. The van der Waals surface area contributed by atoms with Gasteiger partial charge < -0.3 is 10.4 Å². The van der Waals surface area contributed by atoms with Crippen LogP contribution in [0, 0.1) is 0 Å². The Morgan fingerprint density at radius 2 is 2.43 bits per heavy atom. The van der Waals surface area contributed by atoms with Gasteiger partial charge in [-0.25, -0.2) is 0 Å². The molecule has 1 unspecified atom stereocenters. The zero-order chi connectivity index (χ0) is 10.6. The number of nitrogens with one attached hydrogen (secondary N) is 1. The third-order valence-electron chi connectivity index (χ3n) is 2.42. The zero-order valence-corrected chi connectivity index (χ0v) is 8.40. The molecule has 1 aromatic heterocycles. The summed E-state index contributed by atoms with van der Waals surface area (Å²) in [6, 6.07) is 1.82. The first-order chi connectivity index (χ1) is 6.58. The Labute approximate surface area is 82.7 Å². The Hall–Kier alpha value is -1.36. The van der Waals surface area contributed by atoms with Crippen LogP contribution in [0.15, 0.2) is 18.5 Å². The molecule has 2 N–H and O–H groups in total. The van der Waals surface area contributed by atoms with Gasteiger partial charge >= 0.3 is 5.97 Å². The van der Waals surface area contributed by atoms with Crippen LogP contribution in [0.1, 0.15) is 13.3 Å². The molecule has 0 saturated carbocycles. The van der Waals surface area contributed by atoms with Gasteiger partial charge in [-0.05, 0) is 26.5 Å². The quantitative estimate of drug-likeness (QED) is 0.714. The van der Waals surface area contributed by atoms with Crippen LogP contribution in [-0.2, 0) is 11.3 Å². The smallest absolute Gasteiger partial charge is 0.323 e. The van der Waals surface area contributed by atoms with Crippen molar-refractivity contribution in [3.8, 4) is 0 Å². The molecule has 5 heteroatoms. The van der Waals surface area contributed by atoms with E-state index in [0.29, 0.717) is 13.0 Å². The normalized spacial score (nSPS) is 15.0. The van der Waals surface area contributed by atoms with Crippen molar-refractivity contribution in [3.05, 3.63) is 18.5 Å². The molecule has 1 rings (SSSR count). The first kappa shape index (κ1) is 10.7. The summed E-state index contributed by atoms with van der Waals surface area (Å²) in [5.74, 6) is -0.841. The predicted molar refractivity (Wildman–Crippen MR) is 51.9 cm³/mol. The van der Waals surface area contributed by atoms with Crippen molar-refractivity contribution in [1.29, 1.82) is 0 Å². The highest BCUT2D eigenvalue weighted by atomic mass is 16.4. The maximum absolute atomic E-state index is 10.9. The Balaban J connectivity index is 2.54. The summed E-state index contributed by atoms with van der Waals surface area (Å²) in [5.41, 5.74) is -0.883. The van der Waals surface area contributed by atoms with Gasteiger partial charge in [0.1, 0.15) is 5.54 Å². The average molecular weight is 197 g/mol. The molecule has 5 nitrogen and oxygen atoms in total. The highest BCUT2D eigenvalue weighted by Gasteiger charge is 2.30. The Kier molecular flexibility index (Phi) is 3.24. The first-order valence-corrected chi connectivity index (χ1v) is 4.48. The minimum atomic E-state index is -0.883. The van der Waals surface area contributed by atoms with E-state index in [0.717, 1.165) is 0 Å². The molecule has 0 bridgehead atoms. The number of carboxylic acid groups (broad SMARTS) is 1. The molecule has 1 heterocycles. The number of hydrogen-bond acceptors (Lipinski definition) is 3. The molecule has 0 aliphatic heterocycles. The van der Waals surface area contributed by atoms with Crippen molar-refractivity contribution in [2.75, 3.05) is 7.05 Å². The molecule has 78 valence electrons. The summed E-state index contributed by atoms with van der Waals surface area (Å²) < 4.78 is 1.72. The Morgan fingerprint density at radius 3 is 2.86 bits per heavy atom. The molecule has 1 aromatic rings. The van der Waals surface area contributed by atoms with Crippen LogP contribution in [0.5, 0.6) is 0 Å². The largest absolute Gasteiger partial charge is 0.480 e. The highest BCUT2D eigenvalue weighted by Crippen LogP contribution is 2.10. The molecule has 0 amide bonds. The second-order valence-corrected chi connectivity index (χ2v) is 3.41. The van der Waals surface area contributed by atoms with Gasteiger partial charge in [-0.2, -0.15) is 5.10 Å². The van der Waals surface area contributed by atoms with Gasteiger partial charge in [0.05, 0.1) is 0 Å². The number of carboxylic acids is 1. The van der Waals surface area contributed by atoms with Crippen LogP contribution in [0.4, 0.5) is 0 Å². The second-order valence-electron chi connectivity index (χ2n) is 3.41. The number of likely N-dealkylation sites (N-methyl/N-ethyl adjacent to an activating group) is 1. The van der Waals surface area contributed by atoms with E-state index >= 15 is 0 Å². The molecule has 0 aliphatic carbocycles. The standard InChI is InChI=1S/C9H15N3O2/c1-9(10-2,8(13)14)4-7-12-6-3-5-11-12/h3,5-6,10H,4,7H2,1-2H3,(H,13,14). The third kappa shape index (κ3) is 2.32. The van der Waals surface area contributed by atoms with Crippen LogP contribution in [0.2, 0.25) is 0 Å². The number of nitrogens with zero attached hydrogens (tertiary/aromatic N) is 2. The van der Waals surface area contributed by atoms with Crippen LogP contribution in [0.25, 0.3) is 0 Å². The van der Waals surface area contributed by atoms with E-state index < -0.39 is 11.5 Å². The zero-order valence-electron chi connectivity index (χ0n) is 8.40. The molecular formula is C9H15N3O2. The summed E-state index contributed by atoms with van der Waals surface area (Å²) in [6.45, 7) is 2.26. The van der Waals surface area contributed by atoms with Crippen molar-refractivity contribution >= 4 is 5.97 Å². The van der Waals surface area contributed by atoms with E-state index in [-0.39, 0.29) is 0 Å². The summed E-state index contributed by atoms with van der Waals surface area (Å²) >= 11 is 0. The van der Waals surface area contributed by atoms with E-state index in [1.54, 1.807) is 24.9 Å².